The Morgan fingerprint density at radius 3 is 2.36 bits per heavy atom. The molecular weight excluding hydrogens is 307 g/mol. The third-order valence-electron chi connectivity index (χ3n) is 3.33. The first-order chi connectivity index (χ1) is 10.3. The molecule has 1 aliphatic carbocycles. The number of hydrogen-bond acceptors (Lipinski definition) is 2. The summed E-state index contributed by atoms with van der Waals surface area (Å²) in [7, 11) is 0. The highest BCUT2D eigenvalue weighted by Gasteiger charge is 2.36. The summed E-state index contributed by atoms with van der Waals surface area (Å²) >= 11 is 0. The van der Waals surface area contributed by atoms with Crippen LogP contribution in [-0.4, -0.2) is 13.0 Å². The summed E-state index contributed by atoms with van der Waals surface area (Å²) in [6.45, 7) is -3.24. The molecule has 1 aliphatic rings. The number of hydrogen-bond donors (Lipinski definition) is 0. The molecular formula is C15H9F5O2. The zero-order valence-corrected chi connectivity index (χ0v) is 11.0. The number of ether oxygens (including phenoxy) is 2. The summed E-state index contributed by atoms with van der Waals surface area (Å²) in [6, 6.07) is 9.55. The van der Waals surface area contributed by atoms with Crippen LogP contribution < -0.4 is 9.47 Å². The van der Waals surface area contributed by atoms with Crippen LogP contribution in [0, 0.1) is 0 Å². The minimum Gasteiger partial charge on any atom is -0.431 e. The van der Waals surface area contributed by atoms with Gasteiger partial charge in [0, 0.05) is 12.0 Å². The van der Waals surface area contributed by atoms with E-state index < -0.39 is 24.5 Å². The maximum Gasteiger partial charge on any atom is 0.573 e. The molecule has 0 aromatic heterocycles. The Morgan fingerprint density at radius 1 is 0.955 bits per heavy atom. The third kappa shape index (κ3) is 2.70. The Kier molecular flexibility index (Phi) is 3.42. The van der Waals surface area contributed by atoms with E-state index in [4.69, 9.17) is 0 Å². The average Bonchev–Trinajstić information content (AvgIpc) is 2.78. The van der Waals surface area contributed by atoms with Crippen molar-refractivity contribution < 1.29 is 31.4 Å². The molecule has 0 radical (unpaired) electrons. The van der Waals surface area contributed by atoms with Crippen LogP contribution in [0.1, 0.15) is 11.1 Å². The van der Waals surface area contributed by atoms with Gasteiger partial charge in [0.25, 0.3) is 0 Å². The number of halogens is 5. The molecule has 0 unspecified atom stereocenters. The quantitative estimate of drug-likeness (QED) is 0.649. The Labute approximate surface area is 122 Å². The molecule has 22 heavy (non-hydrogen) atoms. The van der Waals surface area contributed by atoms with Gasteiger partial charge in [0.2, 0.25) is 0 Å². The van der Waals surface area contributed by atoms with E-state index in [2.05, 4.69) is 9.47 Å². The summed E-state index contributed by atoms with van der Waals surface area (Å²) in [4.78, 5) is 0. The van der Waals surface area contributed by atoms with Crippen molar-refractivity contribution in [2.45, 2.75) is 19.4 Å². The van der Waals surface area contributed by atoms with Gasteiger partial charge in [-0.05, 0) is 22.8 Å². The molecule has 2 nitrogen and oxygen atoms in total. The van der Waals surface area contributed by atoms with Crippen LogP contribution in [0.15, 0.2) is 36.4 Å². The van der Waals surface area contributed by atoms with E-state index in [1.165, 1.54) is 6.07 Å². The van der Waals surface area contributed by atoms with Crippen LogP contribution in [0.5, 0.6) is 11.5 Å². The summed E-state index contributed by atoms with van der Waals surface area (Å²) in [6.07, 6.45) is -4.83. The number of fused-ring (bicyclic) bond motifs is 3. The SMILES string of the molecule is FC(F)Oc1ccc2c(c1OC(F)(F)F)Cc1ccccc1-2. The number of alkyl halides is 5. The average molecular weight is 316 g/mol. The zero-order chi connectivity index (χ0) is 15.9. The standard InChI is InChI=1S/C15H9F5O2/c16-14(17)21-12-6-5-10-9-4-2-1-3-8(9)7-11(10)13(12)22-15(18,19)20/h1-6,14H,7H2. The van der Waals surface area contributed by atoms with E-state index in [0.29, 0.717) is 5.56 Å². The summed E-state index contributed by atoms with van der Waals surface area (Å²) in [5, 5.41) is 0. The molecule has 7 heteroatoms. The van der Waals surface area contributed by atoms with E-state index in [9.17, 15) is 22.0 Å². The van der Waals surface area contributed by atoms with Crippen LogP contribution in [0.3, 0.4) is 0 Å². The Balaban J connectivity index is 2.12. The molecule has 0 bridgehead atoms. The largest absolute Gasteiger partial charge is 0.573 e. The van der Waals surface area contributed by atoms with Crippen molar-refractivity contribution in [1.82, 2.24) is 0 Å². The minimum absolute atomic E-state index is 0.164. The van der Waals surface area contributed by atoms with E-state index in [1.807, 2.05) is 0 Å². The van der Waals surface area contributed by atoms with E-state index in [1.54, 1.807) is 24.3 Å². The first-order valence-electron chi connectivity index (χ1n) is 6.30. The fourth-order valence-corrected chi connectivity index (χ4v) is 2.58. The van der Waals surface area contributed by atoms with Gasteiger partial charge in [-0.25, -0.2) is 0 Å². The highest BCUT2D eigenvalue weighted by atomic mass is 19.4. The molecule has 3 rings (SSSR count). The van der Waals surface area contributed by atoms with Crippen LogP contribution in [0.25, 0.3) is 11.1 Å². The van der Waals surface area contributed by atoms with Gasteiger partial charge in [-0.1, -0.05) is 30.3 Å². The normalized spacial score (nSPS) is 13.0. The molecule has 0 spiro atoms. The molecule has 0 saturated heterocycles. The number of rotatable bonds is 3. The molecule has 0 saturated carbocycles. The molecule has 0 aliphatic heterocycles. The molecule has 2 aromatic carbocycles. The molecule has 2 aromatic rings. The lowest BCUT2D eigenvalue weighted by molar-refractivity contribution is -0.275. The molecule has 0 amide bonds. The van der Waals surface area contributed by atoms with E-state index >= 15 is 0 Å². The smallest absolute Gasteiger partial charge is 0.431 e. The Hall–Kier alpha value is -2.31. The fourth-order valence-electron chi connectivity index (χ4n) is 2.58. The van der Waals surface area contributed by atoms with Gasteiger partial charge in [0.1, 0.15) is 0 Å². The van der Waals surface area contributed by atoms with Crippen LogP contribution in [0.2, 0.25) is 0 Å². The summed E-state index contributed by atoms with van der Waals surface area (Å²) < 4.78 is 70.7. The molecule has 0 atom stereocenters. The van der Waals surface area contributed by atoms with E-state index in [-0.39, 0.29) is 12.0 Å². The summed E-state index contributed by atoms with van der Waals surface area (Å²) in [5.74, 6) is -1.33. The van der Waals surface area contributed by atoms with Gasteiger partial charge < -0.3 is 9.47 Å². The minimum atomic E-state index is -5.00. The van der Waals surface area contributed by atoms with Gasteiger partial charge in [0.05, 0.1) is 0 Å². The predicted octanol–water partition coefficient (Wildman–Crippen LogP) is 4.76. The van der Waals surface area contributed by atoms with Crippen LogP contribution in [0.4, 0.5) is 22.0 Å². The van der Waals surface area contributed by atoms with Gasteiger partial charge in [-0.15, -0.1) is 13.2 Å². The van der Waals surface area contributed by atoms with Crippen LogP contribution in [-0.2, 0) is 6.42 Å². The monoisotopic (exact) mass is 316 g/mol. The lowest BCUT2D eigenvalue weighted by Crippen LogP contribution is -2.19. The first-order valence-corrected chi connectivity index (χ1v) is 6.30. The Morgan fingerprint density at radius 2 is 1.68 bits per heavy atom. The molecule has 0 N–H and O–H groups in total. The highest BCUT2D eigenvalue weighted by Crippen LogP contribution is 2.47. The van der Waals surface area contributed by atoms with Crippen molar-refractivity contribution in [2.75, 3.05) is 0 Å². The first kappa shape index (κ1) is 14.6. The van der Waals surface area contributed by atoms with E-state index in [0.717, 1.165) is 17.2 Å². The third-order valence-corrected chi connectivity index (χ3v) is 3.33. The molecule has 116 valence electrons. The van der Waals surface area contributed by atoms with Crippen molar-refractivity contribution in [1.29, 1.82) is 0 Å². The topological polar surface area (TPSA) is 18.5 Å². The van der Waals surface area contributed by atoms with Crippen molar-refractivity contribution in [3.8, 4) is 22.6 Å². The second-order valence-corrected chi connectivity index (χ2v) is 4.68. The molecule has 0 heterocycles. The Bertz CT molecular complexity index is 710. The molecule has 0 fully saturated rings. The van der Waals surface area contributed by atoms with Gasteiger partial charge in [-0.2, -0.15) is 8.78 Å². The van der Waals surface area contributed by atoms with Crippen molar-refractivity contribution >= 4 is 0 Å². The lowest BCUT2D eigenvalue weighted by atomic mass is 10.1. The maximum atomic E-state index is 12.6. The number of benzene rings is 2. The van der Waals surface area contributed by atoms with Crippen LogP contribution >= 0.6 is 0 Å². The van der Waals surface area contributed by atoms with Crippen molar-refractivity contribution in [3.05, 3.63) is 47.5 Å². The second kappa shape index (κ2) is 5.15. The second-order valence-electron chi connectivity index (χ2n) is 4.68. The lowest BCUT2D eigenvalue weighted by Gasteiger charge is -2.17. The van der Waals surface area contributed by atoms with Gasteiger partial charge in [0.15, 0.2) is 11.5 Å². The maximum absolute atomic E-state index is 12.6. The van der Waals surface area contributed by atoms with Gasteiger partial charge in [-0.3, -0.25) is 0 Å². The zero-order valence-electron chi connectivity index (χ0n) is 11.0. The predicted molar refractivity (Wildman–Crippen MR) is 68.0 cm³/mol. The van der Waals surface area contributed by atoms with Crippen molar-refractivity contribution in [3.63, 3.8) is 0 Å². The van der Waals surface area contributed by atoms with Crippen molar-refractivity contribution in [2.24, 2.45) is 0 Å². The van der Waals surface area contributed by atoms with Gasteiger partial charge >= 0.3 is 13.0 Å². The highest BCUT2D eigenvalue weighted by molar-refractivity contribution is 5.80. The summed E-state index contributed by atoms with van der Waals surface area (Å²) in [5.41, 5.74) is 2.28. The fraction of sp³-hybridized carbons (Fsp3) is 0.200.